The Bertz CT molecular complexity index is 614. The number of halogens is 1. The minimum atomic E-state index is 0.511. The summed E-state index contributed by atoms with van der Waals surface area (Å²) >= 11 is 3.45. The normalized spacial score (nSPS) is 16.5. The third-order valence-electron chi connectivity index (χ3n) is 4.06. The van der Waals surface area contributed by atoms with Gasteiger partial charge in [-0.05, 0) is 38.0 Å². The van der Waals surface area contributed by atoms with Crippen molar-refractivity contribution < 1.29 is 0 Å². The summed E-state index contributed by atoms with van der Waals surface area (Å²) in [5.41, 5.74) is 7.86. The molecule has 0 spiro atoms. The number of hydrogen-bond acceptors (Lipinski definition) is 3. The van der Waals surface area contributed by atoms with Crippen molar-refractivity contribution >= 4 is 21.6 Å². The molecule has 0 atom stereocenters. The first kappa shape index (κ1) is 13.6. The Kier molecular flexibility index (Phi) is 3.78. The third-order valence-corrected chi connectivity index (χ3v) is 4.55. The number of nitrogens with two attached hydrogens (primary N) is 1. The zero-order valence-electron chi connectivity index (χ0n) is 11.6. The maximum atomic E-state index is 6.15. The van der Waals surface area contributed by atoms with Crippen molar-refractivity contribution in [3.05, 3.63) is 28.5 Å². The Balaban J connectivity index is 2.05. The van der Waals surface area contributed by atoms with E-state index in [4.69, 9.17) is 5.73 Å². The van der Waals surface area contributed by atoms with Crippen molar-refractivity contribution in [1.29, 1.82) is 0 Å². The molecule has 4 nitrogen and oxygen atoms in total. The minimum Gasteiger partial charge on any atom is -0.398 e. The first-order valence-electron chi connectivity index (χ1n) is 7.13. The number of hydrogen-bond donors (Lipinski definition) is 1. The van der Waals surface area contributed by atoms with Gasteiger partial charge in [-0.25, -0.2) is 0 Å². The van der Waals surface area contributed by atoms with Crippen molar-refractivity contribution in [3.8, 4) is 11.4 Å². The first-order valence-corrected chi connectivity index (χ1v) is 7.93. The number of aryl methyl sites for hydroxylation is 1. The van der Waals surface area contributed by atoms with E-state index >= 15 is 0 Å². The molecule has 0 saturated heterocycles. The molecule has 0 aliphatic heterocycles. The van der Waals surface area contributed by atoms with E-state index in [0.717, 1.165) is 27.4 Å². The smallest absolute Gasteiger partial charge is 0.166 e. The summed E-state index contributed by atoms with van der Waals surface area (Å²) in [6, 6.07) is 6.45. The zero-order valence-corrected chi connectivity index (χ0v) is 13.2. The van der Waals surface area contributed by atoms with Crippen LogP contribution in [-0.4, -0.2) is 14.8 Å². The van der Waals surface area contributed by atoms with Crippen LogP contribution in [0.15, 0.2) is 22.7 Å². The fraction of sp³-hybridized carbons (Fsp3) is 0.467. The average molecular weight is 335 g/mol. The molecule has 1 saturated carbocycles. The Labute approximate surface area is 127 Å². The van der Waals surface area contributed by atoms with Crippen LogP contribution in [0.5, 0.6) is 0 Å². The number of benzene rings is 1. The van der Waals surface area contributed by atoms with E-state index < -0.39 is 0 Å². The number of rotatable bonds is 2. The fourth-order valence-corrected chi connectivity index (χ4v) is 3.45. The quantitative estimate of drug-likeness (QED) is 0.841. The Morgan fingerprint density at radius 1 is 1.20 bits per heavy atom. The van der Waals surface area contributed by atoms with E-state index in [0.29, 0.717) is 6.04 Å². The van der Waals surface area contributed by atoms with Crippen LogP contribution >= 0.6 is 15.9 Å². The van der Waals surface area contributed by atoms with Gasteiger partial charge in [0, 0.05) is 21.8 Å². The van der Waals surface area contributed by atoms with Crippen LogP contribution in [0, 0.1) is 6.92 Å². The molecule has 5 heteroatoms. The number of aromatic nitrogens is 3. The SMILES string of the molecule is Cc1nnc(-c2ccc(Br)cc2N)n1C1CCCCC1. The highest BCUT2D eigenvalue weighted by atomic mass is 79.9. The maximum Gasteiger partial charge on any atom is 0.166 e. The molecule has 0 radical (unpaired) electrons. The molecule has 1 aromatic heterocycles. The van der Waals surface area contributed by atoms with Gasteiger partial charge in [-0.2, -0.15) is 0 Å². The van der Waals surface area contributed by atoms with Crippen LogP contribution in [0.3, 0.4) is 0 Å². The number of nitrogens with zero attached hydrogens (tertiary/aromatic N) is 3. The molecule has 0 amide bonds. The molecular weight excluding hydrogens is 316 g/mol. The molecule has 2 N–H and O–H groups in total. The van der Waals surface area contributed by atoms with Crippen LogP contribution < -0.4 is 5.73 Å². The second-order valence-corrected chi connectivity index (χ2v) is 6.38. The predicted octanol–water partition coefficient (Wildman–Crippen LogP) is 4.10. The van der Waals surface area contributed by atoms with Crippen LogP contribution in [0.1, 0.15) is 44.0 Å². The zero-order chi connectivity index (χ0) is 14.1. The summed E-state index contributed by atoms with van der Waals surface area (Å²) in [5.74, 6) is 1.88. The highest BCUT2D eigenvalue weighted by Gasteiger charge is 2.22. The van der Waals surface area contributed by atoms with Crippen LogP contribution in [0.25, 0.3) is 11.4 Å². The molecule has 0 bridgehead atoms. The summed E-state index contributed by atoms with van der Waals surface area (Å²) in [7, 11) is 0. The summed E-state index contributed by atoms with van der Waals surface area (Å²) < 4.78 is 3.26. The van der Waals surface area contributed by atoms with E-state index in [-0.39, 0.29) is 0 Å². The fourth-order valence-electron chi connectivity index (χ4n) is 3.07. The minimum absolute atomic E-state index is 0.511. The molecule has 1 fully saturated rings. The van der Waals surface area contributed by atoms with Gasteiger partial charge < -0.3 is 10.3 Å². The van der Waals surface area contributed by atoms with Gasteiger partial charge in [-0.15, -0.1) is 10.2 Å². The summed E-state index contributed by atoms with van der Waals surface area (Å²) in [5, 5.41) is 8.65. The Morgan fingerprint density at radius 3 is 2.65 bits per heavy atom. The highest BCUT2D eigenvalue weighted by Crippen LogP contribution is 2.35. The van der Waals surface area contributed by atoms with E-state index in [9.17, 15) is 0 Å². The highest BCUT2D eigenvalue weighted by molar-refractivity contribution is 9.10. The van der Waals surface area contributed by atoms with Crippen LogP contribution in [0.2, 0.25) is 0 Å². The molecule has 0 unspecified atom stereocenters. The van der Waals surface area contributed by atoms with E-state index in [1.165, 1.54) is 32.1 Å². The van der Waals surface area contributed by atoms with Crippen molar-refractivity contribution in [2.75, 3.05) is 5.73 Å². The van der Waals surface area contributed by atoms with Gasteiger partial charge in [0.05, 0.1) is 0 Å². The lowest BCUT2D eigenvalue weighted by Crippen LogP contribution is -2.15. The second-order valence-electron chi connectivity index (χ2n) is 5.46. The van der Waals surface area contributed by atoms with E-state index in [2.05, 4.69) is 30.7 Å². The van der Waals surface area contributed by atoms with Gasteiger partial charge in [0.15, 0.2) is 5.82 Å². The lowest BCUT2D eigenvalue weighted by molar-refractivity contribution is 0.350. The van der Waals surface area contributed by atoms with Crippen LogP contribution in [-0.2, 0) is 0 Å². The molecule has 1 aliphatic carbocycles. The van der Waals surface area contributed by atoms with Crippen molar-refractivity contribution in [1.82, 2.24) is 14.8 Å². The van der Waals surface area contributed by atoms with Gasteiger partial charge in [0.1, 0.15) is 5.82 Å². The molecule has 20 heavy (non-hydrogen) atoms. The summed E-state index contributed by atoms with van der Waals surface area (Å²) in [6.07, 6.45) is 6.34. The van der Waals surface area contributed by atoms with Gasteiger partial charge in [-0.1, -0.05) is 35.2 Å². The Morgan fingerprint density at radius 2 is 1.95 bits per heavy atom. The number of anilines is 1. The largest absolute Gasteiger partial charge is 0.398 e. The van der Waals surface area contributed by atoms with Crippen LogP contribution in [0.4, 0.5) is 5.69 Å². The van der Waals surface area contributed by atoms with E-state index in [1.54, 1.807) is 0 Å². The molecule has 1 aliphatic rings. The topological polar surface area (TPSA) is 56.7 Å². The summed E-state index contributed by atoms with van der Waals surface area (Å²) in [4.78, 5) is 0. The maximum absolute atomic E-state index is 6.15. The predicted molar refractivity (Wildman–Crippen MR) is 84.4 cm³/mol. The van der Waals surface area contributed by atoms with Gasteiger partial charge in [0.2, 0.25) is 0 Å². The average Bonchev–Trinajstić information content (AvgIpc) is 2.81. The number of nitrogen functional groups attached to an aromatic ring is 1. The second kappa shape index (κ2) is 5.56. The molecule has 3 rings (SSSR count). The first-order chi connectivity index (χ1) is 9.66. The monoisotopic (exact) mass is 334 g/mol. The standard InChI is InChI=1S/C15H19BrN4/c1-10-18-19-15(13-8-7-11(16)9-14(13)17)20(10)12-5-3-2-4-6-12/h7-9,12H,2-6,17H2,1H3. The van der Waals surface area contributed by atoms with Crippen molar-refractivity contribution in [3.63, 3.8) is 0 Å². The molecule has 2 aromatic rings. The lowest BCUT2D eigenvalue weighted by Gasteiger charge is -2.25. The molecule has 1 aromatic carbocycles. The molecule has 1 heterocycles. The van der Waals surface area contributed by atoms with Gasteiger partial charge >= 0.3 is 0 Å². The van der Waals surface area contributed by atoms with Gasteiger partial charge in [0.25, 0.3) is 0 Å². The lowest BCUT2D eigenvalue weighted by atomic mass is 9.95. The molecule has 106 valence electrons. The summed E-state index contributed by atoms with van der Waals surface area (Å²) in [6.45, 7) is 2.03. The van der Waals surface area contributed by atoms with Crippen molar-refractivity contribution in [2.24, 2.45) is 0 Å². The molecular formula is C15H19BrN4. The van der Waals surface area contributed by atoms with E-state index in [1.807, 2.05) is 25.1 Å². The third kappa shape index (κ3) is 2.46. The Hall–Kier alpha value is -1.36. The van der Waals surface area contributed by atoms with Gasteiger partial charge in [-0.3, -0.25) is 0 Å². The van der Waals surface area contributed by atoms with Crippen molar-refractivity contribution in [2.45, 2.75) is 45.1 Å².